The second-order valence-electron chi connectivity index (χ2n) is 2.78. The first-order chi connectivity index (χ1) is 6.15. The summed E-state index contributed by atoms with van der Waals surface area (Å²) >= 11 is 3.22. The molecule has 1 aromatic rings. The molecule has 0 aliphatic heterocycles. The van der Waals surface area contributed by atoms with E-state index in [2.05, 4.69) is 15.9 Å². The molecule has 0 fully saturated rings. The second-order valence-corrected chi connectivity index (χ2v) is 3.64. The molecular weight excluding hydrogens is 272 g/mol. The first-order valence-corrected chi connectivity index (χ1v) is 4.76. The Hall–Kier alpha value is -0.160. The molecule has 5 heteroatoms. The van der Waals surface area contributed by atoms with Gasteiger partial charge in [-0.2, -0.15) is 0 Å². The molecule has 1 unspecified atom stereocenters. The maximum atomic E-state index is 12.7. The van der Waals surface area contributed by atoms with Crippen molar-refractivity contribution in [3.8, 4) is 0 Å². The summed E-state index contributed by atoms with van der Waals surface area (Å²) in [6, 6.07) is 4.10. The Labute approximate surface area is 96.8 Å². The lowest BCUT2D eigenvalue weighted by Gasteiger charge is -2.11. The predicted molar refractivity (Wildman–Crippen MR) is 60.0 cm³/mol. The van der Waals surface area contributed by atoms with E-state index in [-0.39, 0.29) is 30.9 Å². The van der Waals surface area contributed by atoms with Gasteiger partial charge in [-0.3, -0.25) is 0 Å². The van der Waals surface area contributed by atoms with Crippen molar-refractivity contribution in [2.24, 2.45) is 5.73 Å². The third-order valence-electron chi connectivity index (χ3n) is 1.80. The molecule has 80 valence electrons. The molecule has 0 radical (unpaired) electrons. The molecule has 0 heterocycles. The van der Waals surface area contributed by atoms with Gasteiger partial charge in [0.1, 0.15) is 5.82 Å². The first kappa shape index (κ1) is 13.8. The molecule has 0 saturated heterocycles. The average molecular weight is 285 g/mol. The molecule has 1 atom stereocenters. The lowest BCUT2D eigenvalue weighted by Crippen LogP contribution is -2.12. The highest BCUT2D eigenvalue weighted by molar-refractivity contribution is 9.10. The first-order valence-electron chi connectivity index (χ1n) is 3.96. The van der Waals surface area contributed by atoms with Crippen molar-refractivity contribution in [3.05, 3.63) is 34.1 Å². The van der Waals surface area contributed by atoms with Crippen molar-refractivity contribution >= 4 is 28.3 Å². The number of hydrogen-bond acceptors (Lipinski definition) is 2. The largest absolute Gasteiger partial charge is 0.396 e. The molecule has 0 bridgehead atoms. The molecule has 0 spiro atoms. The topological polar surface area (TPSA) is 46.2 Å². The lowest BCUT2D eigenvalue weighted by atomic mass is 10.1. The Morgan fingerprint density at radius 1 is 1.50 bits per heavy atom. The minimum atomic E-state index is -0.299. The summed E-state index contributed by atoms with van der Waals surface area (Å²) in [4.78, 5) is 0. The summed E-state index contributed by atoms with van der Waals surface area (Å²) in [5.74, 6) is -0.299. The van der Waals surface area contributed by atoms with Crippen molar-refractivity contribution in [1.82, 2.24) is 0 Å². The fraction of sp³-hybridized carbons (Fsp3) is 0.333. The van der Waals surface area contributed by atoms with Crippen LogP contribution in [0.25, 0.3) is 0 Å². The van der Waals surface area contributed by atoms with Crippen LogP contribution in [0.15, 0.2) is 22.7 Å². The van der Waals surface area contributed by atoms with Gasteiger partial charge in [-0.05, 0) is 24.1 Å². The van der Waals surface area contributed by atoms with E-state index in [9.17, 15) is 4.39 Å². The van der Waals surface area contributed by atoms with Crippen LogP contribution in [0, 0.1) is 5.82 Å². The number of halogens is 3. The van der Waals surface area contributed by atoms with Gasteiger partial charge in [-0.1, -0.05) is 22.0 Å². The molecule has 0 saturated carbocycles. The van der Waals surface area contributed by atoms with E-state index in [1.165, 1.54) is 12.1 Å². The van der Waals surface area contributed by atoms with Crippen molar-refractivity contribution in [2.75, 3.05) is 6.61 Å². The van der Waals surface area contributed by atoms with Crippen LogP contribution in [-0.4, -0.2) is 11.7 Å². The minimum Gasteiger partial charge on any atom is -0.396 e. The summed E-state index contributed by atoms with van der Waals surface area (Å²) < 4.78 is 13.3. The molecule has 2 nitrogen and oxygen atoms in total. The van der Waals surface area contributed by atoms with Crippen molar-refractivity contribution in [3.63, 3.8) is 0 Å². The predicted octanol–water partition coefficient (Wildman–Crippen LogP) is 2.39. The summed E-state index contributed by atoms with van der Waals surface area (Å²) in [6.07, 6.45) is 0.476. The minimum absolute atomic E-state index is 0. The maximum absolute atomic E-state index is 12.7. The number of aliphatic hydroxyl groups is 1. The van der Waals surface area contributed by atoms with Gasteiger partial charge in [0.25, 0.3) is 0 Å². The summed E-state index contributed by atoms with van der Waals surface area (Å²) in [5.41, 5.74) is 6.56. The number of rotatable bonds is 3. The van der Waals surface area contributed by atoms with Crippen molar-refractivity contribution in [1.29, 1.82) is 0 Å². The van der Waals surface area contributed by atoms with Gasteiger partial charge in [0.05, 0.1) is 0 Å². The van der Waals surface area contributed by atoms with Crippen molar-refractivity contribution in [2.45, 2.75) is 12.5 Å². The zero-order valence-electron chi connectivity index (χ0n) is 7.41. The summed E-state index contributed by atoms with van der Waals surface area (Å²) in [7, 11) is 0. The van der Waals surface area contributed by atoms with Crippen LogP contribution in [-0.2, 0) is 0 Å². The van der Waals surface area contributed by atoms with Gasteiger partial charge in [0, 0.05) is 17.1 Å². The van der Waals surface area contributed by atoms with Crippen LogP contribution in [0.4, 0.5) is 4.39 Å². The SMILES string of the molecule is Cl.NC(CCO)c1ccc(F)cc1Br. The van der Waals surface area contributed by atoms with E-state index in [0.717, 1.165) is 5.56 Å². The van der Waals surface area contributed by atoms with E-state index in [0.29, 0.717) is 10.9 Å². The smallest absolute Gasteiger partial charge is 0.124 e. The van der Waals surface area contributed by atoms with Crippen LogP contribution in [0.1, 0.15) is 18.0 Å². The van der Waals surface area contributed by atoms with E-state index < -0.39 is 0 Å². The molecule has 0 aliphatic rings. The summed E-state index contributed by atoms with van der Waals surface area (Å²) in [6.45, 7) is 0.0327. The Balaban J connectivity index is 0.00000169. The molecule has 0 amide bonds. The maximum Gasteiger partial charge on any atom is 0.124 e. The quantitative estimate of drug-likeness (QED) is 0.895. The normalized spacial score (nSPS) is 12.0. The summed E-state index contributed by atoms with van der Waals surface area (Å²) in [5, 5.41) is 8.67. The van der Waals surface area contributed by atoms with E-state index in [1.54, 1.807) is 6.07 Å². The zero-order chi connectivity index (χ0) is 9.84. The lowest BCUT2D eigenvalue weighted by molar-refractivity contribution is 0.276. The van der Waals surface area contributed by atoms with E-state index in [4.69, 9.17) is 10.8 Å². The van der Waals surface area contributed by atoms with Crippen LogP contribution < -0.4 is 5.73 Å². The van der Waals surface area contributed by atoms with Gasteiger partial charge in [-0.15, -0.1) is 12.4 Å². The van der Waals surface area contributed by atoms with Crippen LogP contribution in [0.5, 0.6) is 0 Å². The molecule has 0 aliphatic carbocycles. The Morgan fingerprint density at radius 2 is 2.14 bits per heavy atom. The van der Waals surface area contributed by atoms with Crippen LogP contribution in [0.2, 0.25) is 0 Å². The van der Waals surface area contributed by atoms with Crippen molar-refractivity contribution < 1.29 is 9.50 Å². The van der Waals surface area contributed by atoms with Crippen LogP contribution >= 0.6 is 28.3 Å². The molecule has 3 N–H and O–H groups in total. The Kier molecular flexibility index (Phi) is 6.27. The molecular formula is C9H12BrClFNO. The second kappa shape index (κ2) is 6.35. The van der Waals surface area contributed by atoms with Gasteiger partial charge in [-0.25, -0.2) is 4.39 Å². The molecule has 0 aromatic heterocycles. The van der Waals surface area contributed by atoms with Gasteiger partial charge < -0.3 is 10.8 Å². The highest BCUT2D eigenvalue weighted by Gasteiger charge is 2.09. The highest BCUT2D eigenvalue weighted by atomic mass is 79.9. The average Bonchev–Trinajstić information content (AvgIpc) is 2.04. The van der Waals surface area contributed by atoms with Gasteiger partial charge in [0.15, 0.2) is 0 Å². The van der Waals surface area contributed by atoms with Gasteiger partial charge >= 0.3 is 0 Å². The number of benzene rings is 1. The van der Waals surface area contributed by atoms with Crippen LogP contribution in [0.3, 0.4) is 0 Å². The standard InChI is InChI=1S/C9H11BrFNO.ClH/c10-8-5-6(11)1-2-7(8)9(12)3-4-13;/h1-2,5,9,13H,3-4,12H2;1H. The number of hydrogen-bond donors (Lipinski definition) is 2. The van der Waals surface area contributed by atoms with E-state index >= 15 is 0 Å². The third-order valence-corrected chi connectivity index (χ3v) is 2.49. The van der Waals surface area contributed by atoms with Gasteiger partial charge in [0.2, 0.25) is 0 Å². The molecule has 1 rings (SSSR count). The van der Waals surface area contributed by atoms with E-state index in [1.807, 2.05) is 0 Å². The zero-order valence-corrected chi connectivity index (χ0v) is 9.81. The fourth-order valence-electron chi connectivity index (χ4n) is 1.10. The highest BCUT2D eigenvalue weighted by Crippen LogP contribution is 2.24. The molecule has 1 aromatic carbocycles. The monoisotopic (exact) mass is 283 g/mol. The fourth-order valence-corrected chi connectivity index (χ4v) is 1.74. The Morgan fingerprint density at radius 3 is 2.64 bits per heavy atom. The number of aliphatic hydroxyl groups excluding tert-OH is 1. The Bertz CT molecular complexity index is 298. The molecule has 14 heavy (non-hydrogen) atoms. The third kappa shape index (κ3) is 3.53. The number of nitrogens with two attached hydrogens (primary N) is 1.